The molecule has 2 aromatic rings. The summed E-state index contributed by atoms with van der Waals surface area (Å²) >= 11 is 0. The van der Waals surface area contributed by atoms with Gasteiger partial charge in [-0.1, -0.05) is 29.1 Å². The van der Waals surface area contributed by atoms with Crippen molar-refractivity contribution >= 4 is 11.6 Å². The highest BCUT2D eigenvalue weighted by Gasteiger charge is 2.10. The average Bonchev–Trinajstić information content (AvgIpc) is 2.89. The van der Waals surface area contributed by atoms with Gasteiger partial charge in [-0.05, 0) is 12.1 Å². The zero-order valence-corrected chi connectivity index (χ0v) is 9.51. The third kappa shape index (κ3) is 2.75. The Balaban J connectivity index is 2.24. The highest BCUT2D eigenvalue weighted by atomic mass is 16.5. The van der Waals surface area contributed by atoms with Crippen molar-refractivity contribution in [2.24, 2.45) is 5.73 Å². The van der Waals surface area contributed by atoms with Gasteiger partial charge < -0.3 is 15.6 Å². The van der Waals surface area contributed by atoms with Crippen LogP contribution >= 0.6 is 0 Å². The SMILES string of the molecule is NCC#Cc1ccccc1C(=O)Nc1cnoc1. The number of nitrogens with zero attached hydrogens (tertiary/aromatic N) is 1. The second-order valence-corrected chi connectivity index (χ2v) is 3.42. The van der Waals surface area contributed by atoms with E-state index in [-0.39, 0.29) is 12.5 Å². The Bertz CT molecular complexity index is 594. The molecule has 3 N–H and O–H groups in total. The second-order valence-electron chi connectivity index (χ2n) is 3.42. The van der Waals surface area contributed by atoms with Crippen LogP contribution in [-0.4, -0.2) is 17.6 Å². The third-order valence-corrected chi connectivity index (χ3v) is 2.19. The number of carbonyl (C=O) groups excluding carboxylic acids is 1. The topological polar surface area (TPSA) is 81.2 Å². The lowest BCUT2D eigenvalue weighted by Crippen LogP contribution is -2.13. The van der Waals surface area contributed by atoms with Crippen LogP contribution in [0.2, 0.25) is 0 Å². The van der Waals surface area contributed by atoms with E-state index in [1.807, 2.05) is 6.07 Å². The summed E-state index contributed by atoms with van der Waals surface area (Å²) in [6.45, 7) is 0.252. The van der Waals surface area contributed by atoms with Gasteiger partial charge in [-0.2, -0.15) is 0 Å². The Labute approximate surface area is 104 Å². The molecule has 0 aliphatic carbocycles. The number of amides is 1. The third-order valence-electron chi connectivity index (χ3n) is 2.19. The number of carbonyl (C=O) groups is 1. The second kappa shape index (κ2) is 5.66. The van der Waals surface area contributed by atoms with Crippen LogP contribution in [0.4, 0.5) is 5.69 Å². The summed E-state index contributed by atoms with van der Waals surface area (Å²) in [6, 6.07) is 7.06. The number of aromatic nitrogens is 1. The van der Waals surface area contributed by atoms with E-state index in [9.17, 15) is 4.79 Å². The summed E-state index contributed by atoms with van der Waals surface area (Å²) in [5.74, 6) is 5.32. The van der Waals surface area contributed by atoms with Crippen LogP contribution < -0.4 is 11.1 Å². The first kappa shape index (κ1) is 11.9. The van der Waals surface area contributed by atoms with Crippen molar-refractivity contribution in [3.63, 3.8) is 0 Å². The number of rotatable bonds is 2. The molecule has 0 atom stereocenters. The average molecular weight is 241 g/mol. The molecule has 90 valence electrons. The van der Waals surface area contributed by atoms with E-state index in [4.69, 9.17) is 5.73 Å². The normalized spacial score (nSPS) is 9.39. The van der Waals surface area contributed by atoms with E-state index in [1.54, 1.807) is 18.2 Å². The Morgan fingerprint density at radius 2 is 2.28 bits per heavy atom. The van der Waals surface area contributed by atoms with Crippen LogP contribution in [0, 0.1) is 11.8 Å². The van der Waals surface area contributed by atoms with Crippen LogP contribution in [0.5, 0.6) is 0 Å². The van der Waals surface area contributed by atoms with Crippen LogP contribution in [-0.2, 0) is 0 Å². The largest absolute Gasteiger partial charge is 0.363 e. The molecule has 0 radical (unpaired) electrons. The number of nitrogens with one attached hydrogen (secondary N) is 1. The molecule has 0 unspecified atom stereocenters. The maximum Gasteiger partial charge on any atom is 0.257 e. The van der Waals surface area contributed by atoms with Crippen molar-refractivity contribution in [3.05, 3.63) is 47.9 Å². The Hall–Kier alpha value is -2.58. The van der Waals surface area contributed by atoms with Gasteiger partial charge in [0.05, 0.1) is 18.3 Å². The summed E-state index contributed by atoms with van der Waals surface area (Å²) in [5.41, 5.74) is 6.94. The lowest BCUT2D eigenvalue weighted by molar-refractivity contribution is 0.102. The molecule has 2 rings (SSSR count). The first-order chi connectivity index (χ1) is 8.81. The van der Waals surface area contributed by atoms with Crippen molar-refractivity contribution in [3.8, 4) is 11.8 Å². The van der Waals surface area contributed by atoms with Crippen molar-refractivity contribution in [2.45, 2.75) is 0 Å². The molecule has 1 amide bonds. The van der Waals surface area contributed by atoms with Gasteiger partial charge in [0, 0.05) is 5.56 Å². The lowest BCUT2D eigenvalue weighted by Gasteiger charge is -2.04. The molecular formula is C13H11N3O2. The molecule has 0 aliphatic heterocycles. The van der Waals surface area contributed by atoms with Gasteiger partial charge in [-0.25, -0.2) is 0 Å². The molecule has 1 heterocycles. The molecule has 0 saturated heterocycles. The molecule has 18 heavy (non-hydrogen) atoms. The molecule has 0 spiro atoms. The standard InChI is InChI=1S/C13H11N3O2/c14-7-3-5-10-4-1-2-6-12(10)13(17)16-11-8-15-18-9-11/h1-2,4,6,8-9H,7,14H2,(H,16,17). The van der Waals surface area contributed by atoms with E-state index in [0.29, 0.717) is 16.8 Å². The maximum atomic E-state index is 12.0. The van der Waals surface area contributed by atoms with Gasteiger partial charge in [0.2, 0.25) is 0 Å². The van der Waals surface area contributed by atoms with Gasteiger partial charge in [0.1, 0.15) is 12.0 Å². The minimum absolute atomic E-state index is 0.252. The Kier molecular flexibility index (Phi) is 3.74. The van der Waals surface area contributed by atoms with E-state index >= 15 is 0 Å². The van der Waals surface area contributed by atoms with Crippen molar-refractivity contribution in [1.29, 1.82) is 0 Å². The number of benzene rings is 1. The molecule has 1 aromatic heterocycles. The van der Waals surface area contributed by atoms with Crippen molar-refractivity contribution in [1.82, 2.24) is 5.16 Å². The summed E-state index contributed by atoms with van der Waals surface area (Å²) in [6.07, 6.45) is 2.78. The molecule has 0 aliphatic rings. The van der Waals surface area contributed by atoms with Gasteiger partial charge in [0.15, 0.2) is 0 Å². The zero-order valence-electron chi connectivity index (χ0n) is 9.51. The smallest absolute Gasteiger partial charge is 0.257 e. The number of anilines is 1. The molecule has 0 bridgehead atoms. The van der Waals surface area contributed by atoms with Crippen LogP contribution in [0.1, 0.15) is 15.9 Å². The lowest BCUT2D eigenvalue weighted by atomic mass is 10.1. The maximum absolute atomic E-state index is 12.0. The predicted molar refractivity (Wildman–Crippen MR) is 66.8 cm³/mol. The van der Waals surface area contributed by atoms with E-state index < -0.39 is 0 Å². The van der Waals surface area contributed by atoms with Crippen molar-refractivity contribution in [2.75, 3.05) is 11.9 Å². The molecule has 0 saturated carbocycles. The van der Waals surface area contributed by atoms with Gasteiger partial charge >= 0.3 is 0 Å². The highest BCUT2D eigenvalue weighted by molar-refractivity contribution is 6.05. The first-order valence-corrected chi connectivity index (χ1v) is 5.30. The summed E-state index contributed by atoms with van der Waals surface area (Å²) in [4.78, 5) is 12.0. The predicted octanol–water partition coefficient (Wildman–Crippen LogP) is 1.24. The van der Waals surface area contributed by atoms with Gasteiger partial charge in [-0.15, -0.1) is 0 Å². The summed E-state index contributed by atoms with van der Waals surface area (Å²) in [5, 5.41) is 6.17. The van der Waals surface area contributed by atoms with Gasteiger partial charge in [0.25, 0.3) is 5.91 Å². The number of hydrogen-bond acceptors (Lipinski definition) is 4. The molecule has 5 heteroatoms. The van der Waals surface area contributed by atoms with E-state index in [1.165, 1.54) is 12.5 Å². The fourth-order valence-corrected chi connectivity index (χ4v) is 1.40. The molecule has 1 aromatic carbocycles. The fraction of sp³-hybridized carbons (Fsp3) is 0.0769. The van der Waals surface area contributed by atoms with Crippen LogP contribution in [0.3, 0.4) is 0 Å². The number of hydrogen-bond donors (Lipinski definition) is 2. The van der Waals surface area contributed by atoms with E-state index in [2.05, 4.69) is 26.8 Å². The summed E-state index contributed by atoms with van der Waals surface area (Å²) < 4.78 is 4.64. The first-order valence-electron chi connectivity index (χ1n) is 5.30. The molecular weight excluding hydrogens is 230 g/mol. The highest BCUT2D eigenvalue weighted by Crippen LogP contribution is 2.11. The Morgan fingerprint density at radius 1 is 1.44 bits per heavy atom. The quantitative estimate of drug-likeness (QED) is 0.775. The molecule has 0 fully saturated rings. The van der Waals surface area contributed by atoms with Crippen LogP contribution in [0.25, 0.3) is 0 Å². The number of nitrogens with two attached hydrogens (primary N) is 1. The molecule has 5 nitrogen and oxygen atoms in total. The Morgan fingerprint density at radius 3 is 3.00 bits per heavy atom. The zero-order chi connectivity index (χ0) is 12.8. The minimum atomic E-state index is -0.264. The minimum Gasteiger partial charge on any atom is -0.363 e. The van der Waals surface area contributed by atoms with E-state index in [0.717, 1.165) is 0 Å². The summed E-state index contributed by atoms with van der Waals surface area (Å²) in [7, 11) is 0. The van der Waals surface area contributed by atoms with Crippen molar-refractivity contribution < 1.29 is 9.32 Å². The van der Waals surface area contributed by atoms with Gasteiger partial charge in [-0.3, -0.25) is 4.79 Å². The fourth-order valence-electron chi connectivity index (χ4n) is 1.40. The monoisotopic (exact) mass is 241 g/mol. The van der Waals surface area contributed by atoms with Crippen LogP contribution in [0.15, 0.2) is 41.2 Å².